The molecule has 0 saturated heterocycles. The molecule has 0 spiro atoms. The van der Waals surface area contributed by atoms with Gasteiger partial charge in [0, 0.05) is 6.20 Å². The van der Waals surface area contributed by atoms with Gasteiger partial charge in [0.15, 0.2) is 0 Å². The molecule has 144 valence electrons. The summed E-state index contributed by atoms with van der Waals surface area (Å²) in [7, 11) is 0. The number of aromatic amines is 1. The summed E-state index contributed by atoms with van der Waals surface area (Å²) in [5, 5.41) is 1.24. The molecule has 0 saturated carbocycles. The van der Waals surface area contributed by atoms with Crippen LogP contribution < -0.4 is 0 Å². The normalized spacial score (nSPS) is 11.0. The molecule has 1 aromatic carbocycles. The molecule has 2 aromatic rings. The van der Waals surface area contributed by atoms with Gasteiger partial charge in [-0.05, 0) is 17.0 Å². The van der Waals surface area contributed by atoms with Gasteiger partial charge >= 0.3 is 102 Å². The average molecular weight is 460 g/mol. The molecule has 1 aromatic heterocycles. The molecule has 0 unspecified atom stereocenters. The zero-order chi connectivity index (χ0) is 19.3. The molecule has 2 rings (SSSR count). The van der Waals surface area contributed by atoms with Gasteiger partial charge in [-0.1, -0.05) is 30.9 Å². The number of hydrogen-bond acceptors (Lipinski definition) is 0. The fourth-order valence-electron chi connectivity index (χ4n) is 3.55. The van der Waals surface area contributed by atoms with Crippen LogP contribution in [0.5, 0.6) is 0 Å². The number of fused-ring (bicyclic) bond motifs is 1. The van der Waals surface area contributed by atoms with E-state index in [2.05, 4.69) is 55.1 Å². The van der Waals surface area contributed by atoms with Crippen LogP contribution in [0.3, 0.4) is 0 Å². The summed E-state index contributed by atoms with van der Waals surface area (Å²) in [4.78, 5) is 3.17. The third kappa shape index (κ3) is 7.34. The standard InChI is InChI=1S/C10H9N.3C4H9.C2H3.Sn/c1-2-8-4-3-5-9-6-7-11-10(8)9;3*1-3-4-2;1-2;/h2-7,11H,1H2;3*1,3-4H2,2H3;1H,2H2;. The molecular weight excluding hydrogens is 421 g/mol. The van der Waals surface area contributed by atoms with Crippen LogP contribution in [-0.2, 0) is 0 Å². The Morgan fingerprint density at radius 3 is 1.92 bits per heavy atom. The van der Waals surface area contributed by atoms with E-state index in [1.807, 2.05) is 24.4 Å². The Labute approximate surface area is 165 Å². The van der Waals surface area contributed by atoms with Crippen molar-refractivity contribution in [3.05, 3.63) is 53.3 Å². The Bertz CT molecular complexity index is 619. The molecular formula is C24H39NSn. The number of hydrogen-bond donors (Lipinski definition) is 1. The van der Waals surface area contributed by atoms with E-state index >= 15 is 0 Å². The minimum atomic E-state index is -1.85. The first-order valence-electron chi connectivity index (χ1n) is 10.5. The van der Waals surface area contributed by atoms with Gasteiger partial charge in [0.25, 0.3) is 0 Å². The number of unbranched alkanes of at least 4 members (excludes halogenated alkanes) is 3. The predicted octanol–water partition coefficient (Wildman–Crippen LogP) is 8.37. The SMILES string of the molecule is C=Cc1cccc2cc[nH]c12.C=[CH][Sn]([CH2]CCC)([CH2]CCC)[CH2]CCC. The van der Waals surface area contributed by atoms with Crippen molar-refractivity contribution in [2.75, 3.05) is 0 Å². The van der Waals surface area contributed by atoms with E-state index in [0.717, 1.165) is 5.56 Å². The van der Waals surface area contributed by atoms with E-state index in [-0.39, 0.29) is 0 Å². The first-order chi connectivity index (χ1) is 12.7. The second-order valence-corrected chi connectivity index (χ2v) is 20.6. The van der Waals surface area contributed by atoms with E-state index in [1.165, 1.54) is 49.4 Å². The average Bonchev–Trinajstić information content (AvgIpc) is 3.17. The van der Waals surface area contributed by atoms with Crippen molar-refractivity contribution in [2.45, 2.75) is 72.6 Å². The molecule has 0 aliphatic carbocycles. The molecule has 1 nitrogen and oxygen atoms in total. The topological polar surface area (TPSA) is 15.8 Å². The summed E-state index contributed by atoms with van der Waals surface area (Å²) in [6.45, 7) is 14.9. The van der Waals surface area contributed by atoms with E-state index in [1.54, 1.807) is 13.3 Å². The van der Waals surface area contributed by atoms with Crippen molar-refractivity contribution in [3.8, 4) is 0 Å². The van der Waals surface area contributed by atoms with Crippen LogP contribution in [0.4, 0.5) is 0 Å². The summed E-state index contributed by atoms with van der Waals surface area (Å²) in [5.41, 5.74) is 2.33. The van der Waals surface area contributed by atoms with Gasteiger partial charge in [0.1, 0.15) is 0 Å². The Morgan fingerprint density at radius 1 is 0.885 bits per heavy atom. The van der Waals surface area contributed by atoms with E-state index in [0.29, 0.717) is 0 Å². The minimum absolute atomic E-state index is 1.16. The Kier molecular flexibility index (Phi) is 11.8. The third-order valence-electron chi connectivity index (χ3n) is 5.36. The van der Waals surface area contributed by atoms with Gasteiger partial charge in [-0.2, -0.15) is 0 Å². The summed E-state index contributed by atoms with van der Waals surface area (Å²) < 4.78 is 7.16. The number of benzene rings is 1. The van der Waals surface area contributed by atoms with Gasteiger partial charge in [-0.15, -0.1) is 0 Å². The third-order valence-corrected chi connectivity index (χ3v) is 19.4. The first kappa shape index (κ1) is 23.1. The summed E-state index contributed by atoms with van der Waals surface area (Å²) in [6, 6.07) is 8.22. The van der Waals surface area contributed by atoms with Gasteiger partial charge in [0.2, 0.25) is 0 Å². The van der Waals surface area contributed by atoms with E-state index in [4.69, 9.17) is 0 Å². The van der Waals surface area contributed by atoms with Crippen LogP contribution in [-0.4, -0.2) is 23.4 Å². The van der Waals surface area contributed by atoms with Crippen LogP contribution in [0, 0.1) is 0 Å². The molecule has 0 aliphatic rings. The van der Waals surface area contributed by atoms with Crippen LogP contribution >= 0.6 is 0 Å². The molecule has 0 bridgehead atoms. The van der Waals surface area contributed by atoms with E-state index in [9.17, 15) is 0 Å². The summed E-state index contributed by atoms with van der Waals surface area (Å²) in [6.07, 6.45) is 12.3. The predicted molar refractivity (Wildman–Crippen MR) is 123 cm³/mol. The van der Waals surface area contributed by atoms with Crippen molar-refractivity contribution in [3.63, 3.8) is 0 Å². The fraction of sp³-hybridized carbons (Fsp3) is 0.500. The zero-order valence-corrected chi connectivity index (χ0v) is 20.2. The van der Waals surface area contributed by atoms with Gasteiger partial charge in [-0.3, -0.25) is 0 Å². The van der Waals surface area contributed by atoms with Crippen molar-refractivity contribution in [1.29, 1.82) is 0 Å². The maximum absolute atomic E-state index is 4.19. The van der Waals surface area contributed by atoms with Crippen molar-refractivity contribution >= 4 is 35.4 Å². The summed E-state index contributed by atoms with van der Waals surface area (Å²) >= 11 is -1.85. The summed E-state index contributed by atoms with van der Waals surface area (Å²) in [5.74, 6) is 0. The molecule has 0 fully saturated rings. The van der Waals surface area contributed by atoms with Crippen molar-refractivity contribution < 1.29 is 0 Å². The molecule has 1 heterocycles. The number of rotatable bonds is 11. The van der Waals surface area contributed by atoms with Crippen LogP contribution in [0.25, 0.3) is 17.0 Å². The molecule has 1 N–H and O–H groups in total. The van der Waals surface area contributed by atoms with Crippen LogP contribution in [0.1, 0.15) is 64.9 Å². The zero-order valence-electron chi connectivity index (χ0n) is 17.3. The monoisotopic (exact) mass is 461 g/mol. The second-order valence-electron chi connectivity index (χ2n) is 7.37. The maximum atomic E-state index is 4.19. The van der Waals surface area contributed by atoms with Gasteiger partial charge in [0.05, 0.1) is 5.52 Å². The molecule has 0 atom stereocenters. The number of H-pyrrole nitrogens is 1. The van der Waals surface area contributed by atoms with Gasteiger partial charge < -0.3 is 4.98 Å². The molecule has 0 radical (unpaired) electrons. The van der Waals surface area contributed by atoms with Crippen molar-refractivity contribution in [2.24, 2.45) is 0 Å². The molecule has 26 heavy (non-hydrogen) atoms. The Balaban J connectivity index is 0.000000269. The fourth-order valence-corrected chi connectivity index (χ4v) is 16.5. The van der Waals surface area contributed by atoms with Gasteiger partial charge in [-0.25, -0.2) is 0 Å². The molecule has 0 aliphatic heterocycles. The number of aromatic nitrogens is 1. The first-order valence-corrected chi connectivity index (χ1v) is 18.2. The number of para-hydroxylation sites is 1. The van der Waals surface area contributed by atoms with Crippen LogP contribution in [0.2, 0.25) is 13.3 Å². The quantitative estimate of drug-likeness (QED) is 0.324. The van der Waals surface area contributed by atoms with Crippen LogP contribution in [0.15, 0.2) is 47.7 Å². The second kappa shape index (κ2) is 13.2. The number of nitrogens with one attached hydrogen (secondary N) is 1. The molecule has 0 amide bonds. The van der Waals surface area contributed by atoms with Crippen molar-refractivity contribution in [1.82, 2.24) is 4.98 Å². The van der Waals surface area contributed by atoms with E-state index < -0.39 is 18.4 Å². The Morgan fingerprint density at radius 2 is 1.46 bits per heavy atom. The molecule has 2 heteroatoms. The Hall–Kier alpha value is -0.961.